The molecule has 0 saturated carbocycles. The molecule has 0 radical (unpaired) electrons. The third-order valence-corrected chi connectivity index (χ3v) is 2.68. The number of nitrogens with zero attached hydrogens (tertiary/aromatic N) is 3. The van der Waals surface area contributed by atoms with Gasteiger partial charge in [0, 0.05) is 37.8 Å². The molecule has 0 bridgehead atoms. The van der Waals surface area contributed by atoms with Gasteiger partial charge in [-0.2, -0.15) is 0 Å². The first-order valence-corrected chi connectivity index (χ1v) is 6.13. The van der Waals surface area contributed by atoms with E-state index in [9.17, 15) is 0 Å². The van der Waals surface area contributed by atoms with Crippen molar-refractivity contribution in [3.8, 4) is 0 Å². The lowest BCUT2D eigenvalue weighted by atomic mass is 10.1. The molecule has 0 saturated heterocycles. The normalized spacial score (nSPS) is 10.7. The number of hydrogen-bond acceptors (Lipinski definition) is 4. The van der Waals surface area contributed by atoms with E-state index in [0.717, 1.165) is 29.3 Å². The predicted octanol–water partition coefficient (Wildman–Crippen LogP) is 2.63. The van der Waals surface area contributed by atoms with Gasteiger partial charge in [-0.15, -0.1) is 0 Å². The highest BCUT2D eigenvalue weighted by molar-refractivity contribution is 5.37. The topological polar surface area (TPSA) is 50.7 Å². The summed E-state index contributed by atoms with van der Waals surface area (Å²) >= 11 is 0. The Morgan fingerprint density at radius 3 is 2.72 bits per heavy atom. The first kappa shape index (κ1) is 12.5. The van der Waals surface area contributed by atoms with Crippen LogP contribution in [0.2, 0.25) is 0 Å². The number of nitrogens with one attached hydrogen (secondary N) is 1. The zero-order valence-corrected chi connectivity index (χ0v) is 11.0. The highest BCUT2D eigenvalue weighted by Gasteiger charge is 2.08. The van der Waals surface area contributed by atoms with E-state index in [0.29, 0.717) is 5.92 Å². The van der Waals surface area contributed by atoms with Gasteiger partial charge in [-0.1, -0.05) is 19.9 Å². The fourth-order valence-corrected chi connectivity index (χ4v) is 1.71. The van der Waals surface area contributed by atoms with Crippen molar-refractivity contribution in [2.45, 2.75) is 26.2 Å². The Morgan fingerprint density at radius 2 is 2.11 bits per heavy atom. The summed E-state index contributed by atoms with van der Waals surface area (Å²) in [5.41, 5.74) is 2.18. The van der Waals surface area contributed by atoms with Crippen LogP contribution in [-0.4, -0.2) is 22.0 Å². The van der Waals surface area contributed by atoms with Gasteiger partial charge in [0.15, 0.2) is 0 Å². The van der Waals surface area contributed by atoms with Gasteiger partial charge in [-0.05, 0) is 11.6 Å². The van der Waals surface area contributed by atoms with Crippen LogP contribution in [0.4, 0.5) is 5.82 Å². The van der Waals surface area contributed by atoms with E-state index < -0.39 is 0 Å². The average Bonchev–Trinajstić information content (AvgIpc) is 2.39. The van der Waals surface area contributed by atoms with Gasteiger partial charge in [0.25, 0.3) is 0 Å². The van der Waals surface area contributed by atoms with Crippen LogP contribution >= 0.6 is 0 Å². The fourth-order valence-electron chi connectivity index (χ4n) is 1.71. The predicted molar refractivity (Wildman–Crippen MR) is 72.7 cm³/mol. The van der Waals surface area contributed by atoms with Crippen LogP contribution in [0.25, 0.3) is 0 Å². The molecule has 0 atom stereocenters. The third kappa shape index (κ3) is 3.03. The Bertz CT molecular complexity index is 508. The second-order valence-corrected chi connectivity index (χ2v) is 4.55. The molecular formula is C14H18N4. The first-order chi connectivity index (χ1) is 8.69. The standard InChI is InChI=1S/C14H18N4/c1-10(2)14-17-12(8-13(15-3)18-14)7-11-5-4-6-16-9-11/h4-6,8-10H,7H2,1-3H3,(H,15,17,18). The Morgan fingerprint density at radius 1 is 1.28 bits per heavy atom. The van der Waals surface area contributed by atoms with Gasteiger partial charge >= 0.3 is 0 Å². The monoisotopic (exact) mass is 242 g/mol. The van der Waals surface area contributed by atoms with E-state index in [4.69, 9.17) is 0 Å². The summed E-state index contributed by atoms with van der Waals surface area (Å²) in [5.74, 6) is 2.07. The summed E-state index contributed by atoms with van der Waals surface area (Å²) in [6, 6.07) is 5.99. The minimum atomic E-state index is 0.325. The summed E-state index contributed by atoms with van der Waals surface area (Å²) in [6.07, 6.45) is 4.43. The maximum atomic E-state index is 4.60. The average molecular weight is 242 g/mol. The molecule has 0 aromatic carbocycles. The lowest BCUT2D eigenvalue weighted by molar-refractivity contribution is 0.762. The van der Waals surface area contributed by atoms with Crippen molar-refractivity contribution in [1.82, 2.24) is 15.0 Å². The second-order valence-electron chi connectivity index (χ2n) is 4.55. The van der Waals surface area contributed by atoms with Crippen LogP contribution < -0.4 is 5.32 Å². The van der Waals surface area contributed by atoms with Gasteiger partial charge < -0.3 is 5.32 Å². The molecule has 2 rings (SSSR count). The van der Waals surface area contributed by atoms with Gasteiger partial charge in [-0.25, -0.2) is 9.97 Å². The number of hydrogen-bond donors (Lipinski definition) is 1. The van der Waals surface area contributed by atoms with Crippen molar-refractivity contribution in [3.05, 3.63) is 47.7 Å². The smallest absolute Gasteiger partial charge is 0.133 e. The third-order valence-electron chi connectivity index (χ3n) is 2.68. The Labute approximate surface area is 108 Å². The van der Waals surface area contributed by atoms with E-state index in [1.54, 1.807) is 6.20 Å². The van der Waals surface area contributed by atoms with E-state index in [-0.39, 0.29) is 0 Å². The first-order valence-electron chi connectivity index (χ1n) is 6.13. The molecule has 0 spiro atoms. The highest BCUT2D eigenvalue weighted by atomic mass is 15.0. The van der Waals surface area contributed by atoms with Gasteiger partial charge in [-0.3, -0.25) is 4.98 Å². The summed E-state index contributed by atoms with van der Waals surface area (Å²) in [6.45, 7) is 4.20. The van der Waals surface area contributed by atoms with Crippen molar-refractivity contribution < 1.29 is 0 Å². The number of anilines is 1. The summed E-state index contributed by atoms with van der Waals surface area (Å²) < 4.78 is 0. The Balaban J connectivity index is 2.30. The zero-order chi connectivity index (χ0) is 13.0. The molecule has 0 unspecified atom stereocenters. The summed E-state index contributed by atoms with van der Waals surface area (Å²) in [5, 5.41) is 3.08. The Hall–Kier alpha value is -1.97. The van der Waals surface area contributed by atoms with Crippen LogP contribution in [0, 0.1) is 0 Å². The molecule has 2 aromatic rings. The lowest BCUT2D eigenvalue weighted by Gasteiger charge is -2.09. The van der Waals surface area contributed by atoms with Crippen LogP contribution in [-0.2, 0) is 6.42 Å². The molecule has 0 fully saturated rings. The van der Waals surface area contributed by atoms with E-state index in [2.05, 4.69) is 40.2 Å². The number of aromatic nitrogens is 3. The van der Waals surface area contributed by atoms with Gasteiger partial charge in [0.1, 0.15) is 11.6 Å². The Kier molecular flexibility index (Phi) is 3.87. The SMILES string of the molecule is CNc1cc(Cc2cccnc2)nc(C(C)C)n1. The molecule has 0 amide bonds. The summed E-state index contributed by atoms with van der Waals surface area (Å²) in [4.78, 5) is 13.2. The number of pyridine rings is 1. The molecule has 0 aliphatic rings. The van der Waals surface area contributed by atoms with Crippen molar-refractivity contribution in [2.75, 3.05) is 12.4 Å². The minimum Gasteiger partial charge on any atom is -0.373 e. The quantitative estimate of drug-likeness (QED) is 0.895. The molecule has 4 nitrogen and oxygen atoms in total. The van der Waals surface area contributed by atoms with Crippen molar-refractivity contribution in [2.24, 2.45) is 0 Å². The van der Waals surface area contributed by atoms with Crippen LogP contribution in [0.1, 0.15) is 36.8 Å². The van der Waals surface area contributed by atoms with Crippen LogP contribution in [0.3, 0.4) is 0 Å². The van der Waals surface area contributed by atoms with E-state index in [1.165, 1.54) is 0 Å². The molecule has 2 aromatic heterocycles. The maximum Gasteiger partial charge on any atom is 0.133 e. The van der Waals surface area contributed by atoms with Crippen molar-refractivity contribution >= 4 is 5.82 Å². The van der Waals surface area contributed by atoms with E-state index >= 15 is 0 Å². The lowest BCUT2D eigenvalue weighted by Crippen LogP contribution is -2.05. The zero-order valence-electron chi connectivity index (χ0n) is 11.0. The molecule has 18 heavy (non-hydrogen) atoms. The van der Waals surface area contributed by atoms with E-state index in [1.807, 2.05) is 25.4 Å². The highest BCUT2D eigenvalue weighted by Crippen LogP contribution is 2.15. The molecule has 0 aliphatic carbocycles. The molecule has 94 valence electrons. The fraction of sp³-hybridized carbons (Fsp3) is 0.357. The molecule has 2 heterocycles. The largest absolute Gasteiger partial charge is 0.373 e. The molecule has 1 N–H and O–H groups in total. The molecular weight excluding hydrogens is 224 g/mol. The maximum absolute atomic E-state index is 4.60. The van der Waals surface area contributed by atoms with Gasteiger partial charge in [0.05, 0.1) is 5.69 Å². The van der Waals surface area contributed by atoms with Crippen LogP contribution in [0.5, 0.6) is 0 Å². The molecule has 0 aliphatic heterocycles. The van der Waals surface area contributed by atoms with Crippen LogP contribution in [0.15, 0.2) is 30.6 Å². The van der Waals surface area contributed by atoms with Gasteiger partial charge in [0.2, 0.25) is 0 Å². The number of rotatable bonds is 4. The molecule has 4 heteroatoms. The summed E-state index contributed by atoms with van der Waals surface area (Å²) in [7, 11) is 1.88. The van der Waals surface area contributed by atoms with Crippen molar-refractivity contribution in [1.29, 1.82) is 0 Å². The minimum absolute atomic E-state index is 0.325. The second kappa shape index (κ2) is 5.58. The van der Waals surface area contributed by atoms with Crippen molar-refractivity contribution in [3.63, 3.8) is 0 Å².